The predicted molar refractivity (Wildman–Crippen MR) is 106 cm³/mol. The van der Waals surface area contributed by atoms with Crippen LogP contribution in [0.25, 0.3) is 0 Å². The fourth-order valence-electron chi connectivity index (χ4n) is 3.65. The SMILES string of the molecule is O=C(CCCN1CCC(O)(Cc2ccccc2)CC1)c1cc(F)ccc1Cl. The van der Waals surface area contributed by atoms with E-state index in [1.165, 1.54) is 18.2 Å². The molecule has 0 spiro atoms. The highest BCUT2D eigenvalue weighted by Crippen LogP contribution is 2.27. The third kappa shape index (κ3) is 5.61. The Morgan fingerprint density at radius 1 is 1.15 bits per heavy atom. The fraction of sp³-hybridized carbons (Fsp3) is 0.409. The van der Waals surface area contributed by atoms with Crippen LogP contribution in [-0.4, -0.2) is 41.0 Å². The first-order chi connectivity index (χ1) is 13.0. The van der Waals surface area contributed by atoms with Gasteiger partial charge in [-0.25, -0.2) is 4.39 Å². The number of ketones is 1. The van der Waals surface area contributed by atoms with Crippen LogP contribution in [0.2, 0.25) is 5.02 Å². The van der Waals surface area contributed by atoms with Crippen LogP contribution in [0.5, 0.6) is 0 Å². The Balaban J connectivity index is 1.43. The molecule has 1 heterocycles. The van der Waals surface area contributed by atoms with Gasteiger partial charge in [-0.05, 0) is 49.6 Å². The molecule has 2 aromatic carbocycles. The van der Waals surface area contributed by atoms with E-state index in [-0.39, 0.29) is 11.3 Å². The molecule has 27 heavy (non-hydrogen) atoms. The summed E-state index contributed by atoms with van der Waals surface area (Å²) in [6.07, 6.45) is 3.17. The molecule has 0 atom stereocenters. The number of nitrogens with zero attached hydrogens (tertiary/aromatic N) is 1. The quantitative estimate of drug-likeness (QED) is 0.708. The van der Waals surface area contributed by atoms with E-state index >= 15 is 0 Å². The highest BCUT2D eigenvalue weighted by Gasteiger charge is 2.32. The zero-order valence-corrected chi connectivity index (χ0v) is 16.1. The molecule has 1 N–H and O–H groups in total. The summed E-state index contributed by atoms with van der Waals surface area (Å²) in [5.74, 6) is -0.575. The fourth-order valence-corrected chi connectivity index (χ4v) is 3.88. The molecule has 1 aliphatic heterocycles. The molecule has 0 amide bonds. The van der Waals surface area contributed by atoms with E-state index in [0.29, 0.717) is 24.3 Å². The van der Waals surface area contributed by atoms with Gasteiger partial charge < -0.3 is 10.0 Å². The van der Waals surface area contributed by atoms with Crippen LogP contribution < -0.4 is 0 Å². The van der Waals surface area contributed by atoms with Crippen molar-refractivity contribution < 1.29 is 14.3 Å². The minimum absolute atomic E-state index is 0.128. The Bertz CT molecular complexity index is 773. The average Bonchev–Trinajstić information content (AvgIpc) is 2.66. The van der Waals surface area contributed by atoms with E-state index in [1.807, 2.05) is 30.3 Å². The van der Waals surface area contributed by atoms with Gasteiger partial charge in [0, 0.05) is 31.5 Å². The first-order valence-corrected chi connectivity index (χ1v) is 9.80. The van der Waals surface area contributed by atoms with Crippen LogP contribution in [0.1, 0.15) is 41.6 Å². The summed E-state index contributed by atoms with van der Waals surface area (Å²) in [4.78, 5) is 14.5. The van der Waals surface area contributed by atoms with Gasteiger partial charge in [0.15, 0.2) is 5.78 Å². The van der Waals surface area contributed by atoms with Gasteiger partial charge in [-0.2, -0.15) is 0 Å². The van der Waals surface area contributed by atoms with Crippen LogP contribution in [0.3, 0.4) is 0 Å². The molecule has 1 aliphatic rings. The van der Waals surface area contributed by atoms with Gasteiger partial charge in [-0.15, -0.1) is 0 Å². The molecule has 3 nitrogen and oxygen atoms in total. The zero-order chi connectivity index (χ0) is 19.3. The smallest absolute Gasteiger partial charge is 0.164 e. The first-order valence-electron chi connectivity index (χ1n) is 9.42. The summed E-state index contributed by atoms with van der Waals surface area (Å²) >= 11 is 5.99. The van der Waals surface area contributed by atoms with Gasteiger partial charge in [0.05, 0.1) is 10.6 Å². The van der Waals surface area contributed by atoms with Crippen LogP contribution >= 0.6 is 11.6 Å². The predicted octanol–water partition coefficient (Wildman–Crippen LogP) is 4.51. The van der Waals surface area contributed by atoms with E-state index in [4.69, 9.17) is 11.6 Å². The number of benzene rings is 2. The van der Waals surface area contributed by atoms with Crippen molar-refractivity contribution in [3.05, 3.63) is 70.5 Å². The van der Waals surface area contributed by atoms with Crippen molar-refractivity contribution in [1.29, 1.82) is 0 Å². The summed E-state index contributed by atoms with van der Waals surface area (Å²) < 4.78 is 13.3. The van der Waals surface area contributed by atoms with E-state index < -0.39 is 11.4 Å². The first kappa shape index (κ1) is 20.0. The second kappa shape index (κ2) is 8.96. The molecule has 1 fully saturated rings. The summed E-state index contributed by atoms with van der Waals surface area (Å²) in [5, 5.41) is 11.1. The normalized spacial score (nSPS) is 17.0. The number of carbonyl (C=O) groups is 1. The standard InChI is InChI=1S/C22H25ClFNO2/c23-20-9-8-18(24)15-19(20)21(26)7-4-12-25-13-10-22(27,11-14-25)16-17-5-2-1-3-6-17/h1-3,5-6,8-9,15,27H,4,7,10-14,16H2. The molecule has 1 saturated heterocycles. The number of hydrogen-bond acceptors (Lipinski definition) is 3. The molecular formula is C22H25ClFNO2. The molecule has 3 rings (SSSR count). The van der Waals surface area contributed by atoms with Crippen molar-refractivity contribution in [1.82, 2.24) is 4.90 Å². The summed E-state index contributed by atoms with van der Waals surface area (Å²) in [5.41, 5.74) is 0.765. The molecule has 0 aliphatic carbocycles. The van der Waals surface area contributed by atoms with E-state index in [9.17, 15) is 14.3 Å². The highest BCUT2D eigenvalue weighted by molar-refractivity contribution is 6.33. The lowest BCUT2D eigenvalue weighted by Gasteiger charge is -2.38. The average molecular weight is 390 g/mol. The van der Waals surface area contributed by atoms with E-state index in [1.54, 1.807) is 0 Å². The third-order valence-corrected chi connectivity index (χ3v) is 5.60. The Labute approximate surface area is 164 Å². The Kier molecular flexibility index (Phi) is 6.64. The number of Topliss-reactive ketones (excluding diaryl/α,β-unsaturated/α-hetero) is 1. The van der Waals surface area contributed by atoms with Crippen molar-refractivity contribution in [2.75, 3.05) is 19.6 Å². The van der Waals surface area contributed by atoms with E-state index in [2.05, 4.69) is 4.90 Å². The van der Waals surface area contributed by atoms with Gasteiger partial charge >= 0.3 is 0 Å². The molecule has 144 valence electrons. The Morgan fingerprint density at radius 2 is 1.85 bits per heavy atom. The van der Waals surface area contributed by atoms with Gasteiger partial charge in [0.2, 0.25) is 0 Å². The monoisotopic (exact) mass is 389 g/mol. The summed E-state index contributed by atoms with van der Waals surface area (Å²) in [6, 6.07) is 13.9. The maximum absolute atomic E-state index is 13.3. The van der Waals surface area contributed by atoms with Gasteiger partial charge in [0.25, 0.3) is 0 Å². The van der Waals surface area contributed by atoms with Crippen LogP contribution in [0, 0.1) is 5.82 Å². The molecule has 0 unspecified atom stereocenters. The van der Waals surface area contributed by atoms with E-state index in [0.717, 1.165) is 38.0 Å². The van der Waals surface area contributed by atoms with Gasteiger partial charge in [-0.1, -0.05) is 41.9 Å². The number of hydrogen-bond donors (Lipinski definition) is 1. The number of likely N-dealkylation sites (tertiary alicyclic amines) is 1. The second-order valence-corrected chi connectivity index (χ2v) is 7.79. The lowest BCUT2D eigenvalue weighted by Crippen LogP contribution is -2.45. The largest absolute Gasteiger partial charge is 0.389 e. The molecule has 0 radical (unpaired) electrons. The van der Waals surface area contributed by atoms with Crippen LogP contribution in [-0.2, 0) is 6.42 Å². The molecule has 5 heteroatoms. The Hall–Kier alpha value is -1.75. The topological polar surface area (TPSA) is 40.5 Å². The molecule has 0 bridgehead atoms. The minimum atomic E-state index is -0.650. The summed E-state index contributed by atoms with van der Waals surface area (Å²) in [7, 11) is 0. The Morgan fingerprint density at radius 3 is 2.56 bits per heavy atom. The number of piperidine rings is 1. The number of aliphatic hydroxyl groups is 1. The number of rotatable bonds is 7. The lowest BCUT2D eigenvalue weighted by molar-refractivity contribution is -0.0207. The molecule has 0 aromatic heterocycles. The maximum atomic E-state index is 13.3. The van der Waals surface area contributed by atoms with Crippen molar-refractivity contribution in [3.63, 3.8) is 0 Å². The number of halogens is 2. The zero-order valence-electron chi connectivity index (χ0n) is 15.3. The summed E-state index contributed by atoms with van der Waals surface area (Å²) in [6.45, 7) is 2.43. The van der Waals surface area contributed by atoms with Gasteiger partial charge in [-0.3, -0.25) is 4.79 Å². The van der Waals surface area contributed by atoms with Crippen LogP contribution in [0.4, 0.5) is 4.39 Å². The minimum Gasteiger partial charge on any atom is -0.389 e. The van der Waals surface area contributed by atoms with Crippen LogP contribution in [0.15, 0.2) is 48.5 Å². The lowest BCUT2D eigenvalue weighted by atomic mass is 9.85. The number of carbonyl (C=O) groups excluding carboxylic acids is 1. The van der Waals surface area contributed by atoms with Crippen molar-refractivity contribution in [2.45, 2.75) is 37.7 Å². The molecule has 0 saturated carbocycles. The van der Waals surface area contributed by atoms with Crippen molar-refractivity contribution in [3.8, 4) is 0 Å². The van der Waals surface area contributed by atoms with Gasteiger partial charge in [0.1, 0.15) is 5.82 Å². The third-order valence-electron chi connectivity index (χ3n) is 5.27. The second-order valence-electron chi connectivity index (χ2n) is 7.38. The maximum Gasteiger partial charge on any atom is 0.164 e. The molecular weight excluding hydrogens is 365 g/mol. The highest BCUT2D eigenvalue weighted by atomic mass is 35.5. The molecule has 2 aromatic rings. The van der Waals surface area contributed by atoms with Crippen molar-refractivity contribution in [2.24, 2.45) is 0 Å². The van der Waals surface area contributed by atoms with Crippen molar-refractivity contribution >= 4 is 17.4 Å².